The molecule has 0 bridgehead atoms. The Kier molecular flexibility index (Phi) is 7.79. The van der Waals surface area contributed by atoms with E-state index in [1.807, 2.05) is 0 Å². The van der Waals surface area contributed by atoms with Crippen LogP contribution in [0.1, 0.15) is 35.4 Å². The number of ether oxygens (including phenoxy) is 2. The van der Waals surface area contributed by atoms with E-state index in [4.69, 9.17) is 9.47 Å². The molecule has 0 spiro atoms. The Morgan fingerprint density at radius 1 is 1.07 bits per heavy atom. The van der Waals surface area contributed by atoms with Crippen molar-refractivity contribution in [2.75, 3.05) is 13.2 Å². The van der Waals surface area contributed by atoms with Crippen molar-refractivity contribution in [1.82, 2.24) is 5.32 Å². The van der Waals surface area contributed by atoms with Gasteiger partial charge in [0, 0.05) is 25.2 Å². The molecule has 27 heavy (non-hydrogen) atoms. The van der Waals surface area contributed by atoms with Crippen molar-refractivity contribution in [2.24, 2.45) is 0 Å². The average molecular weight is 373 g/mol. The molecule has 0 fully saturated rings. The van der Waals surface area contributed by atoms with Crippen LogP contribution in [0.25, 0.3) is 0 Å². The number of hydrogen-bond donors (Lipinski definition) is 3. The first-order valence-electron chi connectivity index (χ1n) is 8.63. The Labute approximate surface area is 157 Å². The lowest BCUT2D eigenvalue weighted by Crippen LogP contribution is -2.35. The van der Waals surface area contributed by atoms with E-state index in [1.165, 1.54) is 12.1 Å². The molecule has 0 saturated heterocycles. The molecule has 0 aliphatic carbocycles. The second-order valence-corrected chi connectivity index (χ2v) is 5.74. The molecule has 0 aromatic heterocycles. The Bertz CT molecular complexity index is 726. The Balaban J connectivity index is 2.15. The van der Waals surface area contributed by atoms with Gasteiger partial charge in [0.15, 0.2) is 6.10 Å². The number of aliphatic hydroxyl groups excluding tert-OH is 1. The van der Waals surface area contributed by atoms with E-state index >= 15 is 0 Å². The number of carbonyl (C=O) groups excluding carboxylic acids is 2. The molecule has 7 heteroatoms. The molecule has 2 amide bonds. The summed E-state index contributed by atoms with van der Waals surface area (Å²) in [5, 5.41) is 21.0. The van der Waals surface area contributed by atoms with E-state index < -0.39 is 24.2 Å². The highest BCUT2D eigenvalue weighted by Gasteiger charge is 2.28. The third kappa shape index (κ3) is 6.09. The number of aliphatic hydroxyl groups is 1. The zero-order valence-corrected chi connectivity index (χ0v) is 15.0. The summed E-state index contributed by atoms with van der Waals surface area (Å²) in [7, 11) is 0. The van der Waals surface area contributed by atoms with Crippen molar-refractivity contribution in [3.05, 3.63) is 65.7 Å². The molecular formula is C20H23NO6. The second-order valence-electron chi connectivity index (χ2n) is 5.74. The molecule has 7 nitrogen and oxygen atoms in total. The Morgan fingerprint density at radius 2 is 1.74 bits per heavy atom. The van der Waals surface area contributed by atoms with Gasteiger partial charge in [0.1, 0.15) is 11.9 Å². The van der Waals surface area contributed by atoms with Crippen molar-refractivity contribution in [2.45, 2.75) is 25.6 Å². The number of rotatable bonds is 8. The molecule has 2 rings (SSSR count). The van der Waals surface area contributed by atoms with Gasteiger partial charge in [-0.2, -0.15) is 0 Å². The molecule has 0 aliphatic heterocycles. The number of alkyl carbamates (subject to hydrolysis) is 1. The number of benzene rings is 2. The molecule has 3 N–H and O–H groups in total. The summed E-state index contributed by atoms with van der Waals surface area (Å²) >= 11 is 0. The first-order valence-corrected chi connectivity index (χ1v) is 8.63. The normalized spacial score (nSPS) is 12.8. The van der Waals surface area contributed by atoms with Gasteiger partial charge in [-0.15, -0.1) is 0 Å². The molecule has 2 aromatic rings. The number of phenolic OH excluding ortho intramolecular Hbond substituents is 1. The van der Waals surface area contributed by atoms with Crippen LogP contribution in [-0.2, 0) is 9.47 Å². The Hall–Kier alpha value is -2.90. The highest BCUT2D eigenvalue weighted by Crippen LogP contribution is 2.27. The lowest BCUT2D eigenvalue weighted by molar-refractivity contribution is -0.0509. The maximum atomic E-state index is 12.3. The van der Waals surface area contributed by atoms with Gasteiger partial charge in [0.05, 0.1) is 0 Å². The molecule has 0 aliphatic rings. The zero-order valence-electron chi connectivity index (χ0n) is 15.0. The molecule has 0 heterocycles. The van der Waals surface area contributed by atoms with Crippen LogP contribution in [0.5, 0.6) is 5.75 Å². The van der Waals surface area contributed by atoms with E-state index in [0.717, 1.165) is 0 Å². The van der Waals surface area contributed by atoms with Crippen LogP contribution < -0.4 is 5.32 Å². The number of phenols is 1. The summed E-state index contributed by atoms with van der Waals surface area (Å²) in [5.41, 5.74) is 0.898. The van der Waals surface area contributed by atoms with Gasteiger partial charge in [-0.25, -0.2) is 4.79 Å². The molecular weight excluding hydrogens is 350 g/mol. The molecule has 0 unspecified atom stereocenters. The van der Waals surface area contributed by atoms with E-state index in [9.17, 15) is 19.8 Å². The lowest BCUT2D eigenvalue weighted by atomic mass is 10.0. The first-order chi connectivity index (χ1) is 13.0. The maximum absolute atomic E-state index is 12.3. The van der Waals surface area contributed by atoms with E-state index in [0.29, 0.717) is 17.7 Å². The topological polar surface area (TPSA) is 105 Å². The monoisotopic (exact) mass is 373 g/mol. The van der Waals surface area contributed by atoms with E-state index in [2.05, 4.69) is 5.32 Å². The highest BCUT2D eigenvalue weighted by atomic mass is 16.6. The fraction of sp³-hybridized carbons (Fsp3) is 0.300. The number of aromatic hydroxyl groups is 1. The first kappa shape index (κ1) is 20.4. The minimum Gasteiger partial charge on any atom is -0.508 e. The van der Waals surface area contributed by atoms with Crippen molar-refractivity contribution in [1.29, 1.82) is 0 Å². The van der Waals surface area contributed by atoms with Gasteiger partial charge < -0.3 is 19.7 Å². The predicted octanol–water partition coefficient (Wildman–Crippen LogP) is 2.79. The summed E-state index contributed by atoms with van der Waals surface area (Å²) in [5.74, 6) is -0.517. The predicted molar refractivity (Wildman–Crippen MR) is 98.4 cm³/mol. The van der Waals surface area contributed by atoms with Gasteiger partial charge in [-0.3, -0.25) is 10.1 Å². The molecule has 0 radical (unpaired) electrons. The third-order valence-electron chi connectivity index (χ3n) is 3.84. The number of hydrogen-bond acceptors (Lipinski definition) is 6. The van der Waals surface area contributed by atoms with Crippen LogP contribution in [0, 0.1) is 0 Å². The van der Waals surface area contributed by atoms with Crippen molar-refractivity contribution in [3.8, 4) is 5.75 Å². The summed E-state index contributed by atoms with van der Waals surface area (Å²) in [4.78, 5) is 24.4. The molecule has 144 valence electrons. The number of nitrogens with one attached hydrogen (secondary N) is 1. The lowest BCUT2D eigenvalue weighted by Gasteiger charge is -2.27. The minimum absolute atomic E-state index is 0.0660. The highest BCUT2D eigenvalue weighted by molar-refractivity contribution is 6.02. The van der Waals surface area contributed by atoms with Gasteiger partial charge in [0.25, 0.3) is 5.91 Å². The fourth-order valence-corrected chi connectivity index (χ4v) is 2.59. The number of imide groups is 1. The second kappa shape index (κ2) is 10.3. The Morgan fingerprint density at radius 3 is 2.33 bits per heavy atom. The van der Waals surface area contributed by atoms with Gasteiger partial charge in [0.2, 0.25) is 0 Å². The smallest absolute Gasteiger partial charge is 0.414 e. The number of amides is 2. The quantitative estimate of drug-likeness (QED) is 0.657. The van der Waals surface area contributed by atoms with Crippen LogP contribution in [0.4, 0.5) is 4.79 Å². The average Bonchev–Trinajstić information content (AvgIpc) is 2.67. The van der Waals surface area contributed by atoms with E-state index in [-0.39, 0.29) is 18.8 Å². The molecule has 2 atom stereocenters. The van der Waals surface area contributed by atoms with Gasteiger partial charge in [-0.1, -0.05) is 30.3 Å². The van der Waals surface area contributed by atoms with Crippen LogP contribution in [0.3, 0.4) is 0 Å². The van der Waals surface area contributed by atoms with Crippen LogP contribution in [0.2, 0.25) is 0 Å². The largest absolute Gasteiger partial charge is 0.508 e. The van der Waals surface area contributed by atoms with Gasteiger partial charge >= 0.3 is 6.09 Å². The van der Waals surface area contributed by atoms with Crippen molar-refractivity contribution in [3.63, 3.8) is 0 Å². The van der Waals surface area contributed by atoms with Crippen LogP contribution in [-0.4, -0.2) is 41.5 Å². The maximum Gasteiger partial charge on any atom is 0.414 e. The van der Waals surface area contributed by atoms with Crippen LogP contribution >= 0.6 is 0 Å². The fourth-order valence-electron chi connectivity index (χ4n) is 2.59. The SMILES string of the molecule is CCO[C@@H](CCO)[C@@H](OC(=O)NC(=O)c1ccccc1)c1ccc(O)cc1. The minimum atomic E-state index is -0.926. The summed E-state index contributed by atoms with van der Waals surface area (Å²) in [6, 6.07) is 14.4. The molecule has 0 saturated carbocycles. The van der Waals surface area contributed by atoms with E-state index in [1.54, 1.807) is 49.4 Å². The zero-order chi connectivity index (χ0) is 19.6. The summed E-state index contributed by atoms with van der Waals surface area (Å²) in [6.45, 7) is 1.98. The van der Waals surface area contributed by atoms with Crippen LogP contribution in [0.15, 0.2) is 54.6 Å². The standard InChI is InChI=1S/C20H23NO6/c1-2-26-17(12-13-22)18(14-8-10-16(23)11-9-14)27-20(25)21-19(24)15-6-4-3-5-7-15/h3-11,17-18,22-23H,2,12-13H2,1H3,(H,21,24,25)/t17-,18-/m0/s1. The number of carbonyl (C=O) groups is 2. The molecule has 2 aromatic carbocycles. The summed E-state index contributed by atoms with van der Waals surface area (Å²) < 4.78 is 11.1. The van der Waals surface area contributed by atoms with Crippen molar-refractivity contribution >= 4 is 12.0 Å². The third-order valence-corrected chi connectivity index (χ3v) is 3.84. The summed E-state index contributed by atoms with van der Waals surface area (Å²) in [6.07, 6.45) is -2.16. The van der Waals surface area contributed by atoms with Gasteiger partial charge in [-0.05, 0) is 36.8 Å². The van der Waals surface area contributed by atoms with Crippen molar-refractivity contribution < 1.29 is 29.3 Å².